The van der Waals surface area contributed by atoms with Crippen molar-refractivity contribution < 1.29 is 9.59 Å². The number of nitrogens with two attached hydrogens (primary N) is 1. The van der Waals surface area contributed by atoms with Crippen LogP contribution in [0.25, 0.3) is 0 Å². The average molecular weight is 326 g/mol. The highest BCUT2D eigenvalue weighted by atomic mass is 16.2. The molecule has 6 heteroatoms. The topological polar surface area (TPSA) is 96.2 Å². The second-order valence-corrected chi connectivity index (χ2v) is 6.41. The van der Waals surface area contributed by atoms with E-state index in [9.17, 15) is 9.59 Å². The first-order valence-electron chi connectivity index (χ1n) is 8.30. The summed E-state index contributed by atoms with van der Waals surface area (Å²) in [4.78, 5) is 23.4. The molecule has 0 aliphatic carbocycles. The lowest BCUT2D eigenvalue weighted by Crippen LogP contribution is -2.52. The quantitative estimate of drug-likeness (QED) is 0.337. The number of carbonyl (C=O) groups is 2. The van der Waals surface area contributed by atoms with Gasteiger partial charge in [-0.25, -0.2) is 0 Å². The fourth-order valence-corrected chi connectivity index (χ4v) is 2.42. The number of carbonyl (C=O) groups excluding carboxylic acids is 2. The lowest BCUT2D eigenvalue weighted by atomic mass is 9.93. The number of unbranched alkanes of at least 4 members (excludes halogenated alkanes) is 2. The van der Waals surface area contributed by atoms with Crippen molar-refractivity contribution in [2.45, 2.75) is 63.5 Å². The molecule has 134 valence electrons. The molecule has 2 atom stereocenters. The van der Waals surface area contributed by atoms with E-state index in [0.29, 0.717) is 6.42 Å². The van der Waals surface area contributed by atoms with E-state index in [2.05, 4.69) is 28.1 Å². The molecule has 0 rings (SSSR count). The van der Waals surface area contributed by atoms with Crippen molar-refractivity contribution in [1.29, 1.82) is 0 Å². The normalized spacial score (nSPS) is 16.6. The molecule has 0 aliphatic rings. The van der Waals surface area contributed by atoms with Gasteiger partial charge < -0.3 is 21.7 Å². The number of rotatable bonds is 11. The molecular weight excluding hydrogens is 292 g/mol. The first kappa shape index (κ1) is 21.6. The standard InChI is InChI=1S/C17H34N4O2/c1-16(18,14(22)19-3)12-10-8-6-7-9-11-13-17(2,21-5)15(23)20-4/h6-7,21H,8-13,18H2,1-5H3,(H,19,22)(H,20,23)/b7-6+/t16-,17-/m0/s1. The third-order valence-corrected chi connectivity index (χ3v) is 4.31. The fourth-order valence-electron chi connectivity index (χ4n) is 2.42. The van der Waals surface area contributed by atoms with Crippen LogP contribution in [0.5, 0.6) is 0 Å². The van der Waals surface area contributed by atoms with E-state index in [1.54, 1.807) is 28.1 Å². The van der Waals surface area contributed by atoms with Gasteiger partial charge in [0.05, 0.1) is 11.1 Å². The summed E-state index contributed by atoms with van der Waals surface area (Å²) >= 11 is 0. The summed E-state index contributed by atoms with van der Waals surface area (Å²) in [6.07, 6.45) is 9.35. The summed E-state index contributed by atoms with van der Waals surface area (Å²) in [6, 6.07) is 0. The van der Waals surface area contributed by atoms with Crippen molar-refractivity contribution in [3.63, 3.8) is 0 Å². The lowest BCUT2D eigenvalue weighted by molar-refractivity contribution is -0.127. The monoisotopic (exact) mass is 326 g/mol. The van der Waals surface area contributed by atoms with Crippen molar-refractivity contribution in [2.75, 3.05) is 21.1 Å². The van der Waals surface area contributed by atoms with Gasteiger partial charge in [0, 0.05) is 14.1 Å². The van der Waals surface area contributed by atoms with E-state index in [-0.39, 0.29) is 11.8 Å². The molecule has 0 aromatic rings. The van der Waals surface area contributed by atoms with Gasteiger partial charge in [-0.2, -0.15) is 0 Å². The molecule has 0 heterocycles. The van der Waals surface area contributed by atoms with Gasteiger partial charge in [0.2, 0.25) is 11.8 Å². The van der Waals surface area contributed by atoms with Crippen LogP contribution in [0.3, 0.4) is 0 Å². The van der Waals surface area contributed by atoms with Crippen molar-refractivity contribution in [2.24, 2.45) is 5.73 Å². The van der Waals surface area contributed by atoms with Crippen LogP contribution >= 0.6 is 0 Å². The van der Waals surface area contributed by atoms with Gasteiger partial charge in [0.25, 0.3) is 0 Å². The predicted molar refractivity (Wildman–Crippen MR) is 95.0 cm³/mol. The molecule has 2 amide bonds. The molecule has 0 radical (unpaired) electrons. The highest BCUT2D eigenvalue weighted by Gasteiger charge is 2.29. The minimum absolute atomic E-state index is 0.0143. The van der Waals surface area contributed by atoms with Crippen LogP contribution in [0, 0.1) is 0 Å². The third-order valence-electron chi connectivity index (χ3n) is 4.31. The van der Waals surface area contributed by atoms with Crippen molar-refractivity contribution >= 4 is 11.8 Å². The largest absolute Gasteiger partial charge is 0.358 e. The Morgan fingerprint density at radius 2 is 1.39 bits per heavy atom. The first-order chi connectivity index (χ1) is 10.7. The summed E-state index contributed by atoms with van der Waals surface area (Å²) < 4.78 is 0. The second kappa shape index (κ2) is 10.4. The summed E-state index contributed by atoms with van der Waals surface area (Å²) in [5, 5.41) is 8.36. The molecule has 0 aromatic carbocycles. The van der Waals surface area contributed by atoms with E-state index in [4.69, 9.17) is 5.73 Å². The molecule has 0 aromatic heterocycles. The maximum Gasteiger partial charge on any atom is 0.239 e. The fraction of sp³-hybridized carbons (Fsp3) is 0.765. The Kier molecular flexibility index (Phi) is 9.76. The lowest BCUT2D eigenvalue weighted by Gasteiger charge is -2.26. The zero-order valence-electron chi connectivity index (χ0n) is 15.3. The van der Waals surface area contributed by atoms with E-state index in [0.717, 1.165) is 32.1 Å². The summed E-state index contributed by atoms with van der Waals surface area (Å²) in [5.41, 5.74) is 4.64. The van der Waals surface area contributed by atoms with Crippen molar-refractivity contribution in [1.82, 2.24) is 16.0 Å². The molecule has 0 spiro atoms. The Morgan fingerprint density at radius 1 is 0.913 bits per heavy atom. The Bertz CT molecular complexity index is 407. The maximum atomic E-state index is 11.8. The van der Waals surface area contributed by atoms with Crippen LogP contribution < -0.4 is 21.7 Å². The van der Waals surface area contributed by atoms with Crippen molar-refractivity contribution in [3.8, 4) is 0 Å². The zero-order valence-corrected chi connectivity index (χ0v) is 15.3. The highest BCUT2D eigenvalue weighted by molar-refractivity contribution is 5.85. The Labute approximate surface area is 140 Å². The molecule has 0 saturated carbocycles. The van der Waals surface area contributed by atoms with Crippen LogP contribution in [-0.4, -0.2) is 44.0 Å². The van der Waals surface area contributed by atoms with Gasteiger partial charge in [-0.05, 0) is 59.4 Å². The van der Waals surface area contributed by atoms with Crippen LogP contribution in [0.1, 0.15) is 52.4 Å². The van der Waals surface area contributed by atoms with Gasteiger partial charge in [0.1, 0.15) is 0 Å². The maximum absolute atomic E-state index is 11.8. The van der Waals surface area contributed by atoms with Gasteiger partial charge in [0.15, 0.2) is 0 Å². The third kappa shape index (κ3) is 7.61. The molecule has 0 saturated heterocycles. The van der Waals surface area contributed by atoms with Crippen molar-refractivity contribution in [3.05, 3.63) is 12.2 Å². The molecule has 0 aliphatic heterocycles. The summed E-state index contributed by atoms with van der Waals surface area (Å²) in [7, 11) is 5.06. The molecule has 6 nitrogen and oxygen atoms in total. The molecule has 5 N–H and O–H groups in total. The van der Waals surface area contributed by atoms with E-state index in [1.165, 1.54) is 0 Å². The van der Waals surface area contributed by atoms with Gasteiger partial charge in [-0.1, -0.05) is 12.2 Å². The molecule has 0 unspecified atom stereocenters. The number of allylic oxidation sites excluding steroid dienone is 2. The summed E-state index contributed by atoms with van der Waals surface area (Å²) in [5.74, 6) is -0.109. The van der Waals surface area contributed by atoms with E-state index < -0.39 is 11.1 Å². The average Bonchev–Trinajstić information content (AvgIpc) is 2.55. The van der Waals surface area contributed by atoms with Crippen LogP contribution in [0.2, 0.25) is 0 Å². The van der Waals surface area contributed by atoms with Gasteiger partial charge in [-0.15, -0.1) is 0 Å². The number of likely N-dealkylation sites (N-methyl/N-ethyl adjacent to an activating group) is 3. The van der Waals surface area contributed by atoms with Gasteiger partial charge >= 0.3 is 0 Å². The van der Waals surface area contributed by atoms with Crippen LogP contribution in [0.15, 0.2) is 12.2 Å². The molecule has 0 fully saturated rings. The number of hydrogen-bond acceptors (Lipinski definition) is 4. The Morgan fingerprint density at radius 3 is 1.83 bits per heavy atom. The smallest absolute Gasteiger partial charge is 0.239 e. The second-order valence-electron chi connectivity index (χ2n) is 6.41. The Hall–Kier alpha value is -1.40. The highest BCUT2D eigenvalue weighted by Crippen LogP contribution is 2.15. The zero-order chi connectivity index (χ0) is 17.9. The molecular formula is C17H34N4O2. The van der Waals surface area contributed by atoms with Crippen LogP contribution in [-0.2, 0) is 9.59 Å². The van der Waals surface area contributed by atoms with E-state index >= 15 is 0 Å². The molecule has 23 heavy (non-hydrogen) atoms. The van der Waals surface area contributed by atoms with E-state index in [1.807, 2.05) is 6.92 Å². The number of nitrogens with one attached hydrogen (secondary N) is 3. The number of hydrogen-bond donors (Lipinski definition) is 4. The summed E-state index contributed by atoms with van der Waals surface area (Å²) in [6.45, 7) is 3.67. The minimum atomic E-state index is -0.801. The Balaban J connectivity index is 3.97. The van der Waals surface area contributed by atoms with Gasteiger partial charge in [-0.3, -0.25) is 9.59 Å². The molecule has 0 bridgehead atoms. The number of amides is 2. The minimum Gasteiger partial charge on any atom is -0.358 e. The van der Waals surface area contributed by atoms with Crippen LogP contribution in [0.4, 0.5) is 0 Å². The SMILES string of the molecule is CNC(=O)[C@@](C)(N)CCC/C=C/CCC[C@](C)(NC)C(=O)NC. The first-order valence-corrected chi connectivity index (χ1v) is 8.30. The predicted octanol–water partition coefficient (Wildman–Crippen LogP) is 1.07.